The van der Waals surface area contributed by atoms with Gasteiger partial charge in [0.2, 0.25) is 5.91 Å². The van der Waals surface area contributed by atoms with Crippen LogP contribution in [0.5, 0.6) is 0 Å². The van der Waals surface area contributed by atoms with Gasteiger partial charge >= 0.3 is 0 Å². The molecular formula is C12H25ClN2O2. The zero-order valence-corrected chi connectivity index (χ0v) is 11.6. The number of amides is 1. The van der Waals surface area contributed by atoms with Crippen LogP contribution in [0, 0.1) is 5.92 Å². The molecule has 0 bridgehead atoms. The van der Waals surface area contributed by atoms with Crippen LogP contribution in [0.1, 0.15) is 39.5 Å². The summed E-state index contributed by atoms with van der Waals surface area (Å²) in [6.07, 6.45) is 4.43. The predicted molar refractivity (Wildman–Crippen MR) is 71.3 cm³/mol. The van der Waals surface area contributed by atoms with Crippen molar-refractivity contribution in [1.82, 2.24) is 5.32 Å². The van der Waals surface area contributed by atoms with Crippen LogP contribution in [0.25, 0.3) is 0 Å². The molecule has 0 saturated heterocycles. The Balaban J connectivity index is 0.00000256. The van der Waals surface area contributed by atoms with Gasteiger partial charge in [-0.05, 0) is 32.1 Å². The fourth-order valence-electron chi connectivity index (χ4n) is 1.81. The number of carbonyl (C=O) groups is 1. The van der Waals surface area contributed by atoms with Crippen molar-refractivity contribution in [3.63, 3.8) is 0 Å². The second-order valence-corrected chi connectivity index (χ2v) is 4.85. The van der Waals surface area contributed by atoms with Gasteiger partial charge in [0.05, 0.1) is 5.54 Å². The number of hydrogen-bond donors (Lipinski definition) is 2. The van der Waals surface area contributed by atoms with E-state index in [2.05, 4.69) is 12.2 Å². The summed E-state index contributed by atoms with van der Waals surface area (Å²) in [5, 5.41) is 2.99. The maximum atomic E-state index is 11.6. The Morgan fingerprint density at radius 2 is 2.18 bits per heavy atom. The van der Waals surface area contributed by atoms with Crippen LogP contribution in [0.4, 0.5) is 0 Å². The molecule has 1 aliphatic rings. The Hall–Kier alpha value is -0.320. The lowest BCUT2D eigenvalue weighted by Crippen LogP contribution is -2.54. The molecule has 5 heteroatoms. The summed E-state index contributed by atoms with van der Waals surface area (Å²) in [7, 11) is 0. The van der Waals surface area contributed by atoms with Gasteiger partial charge in [0.25, 0.3) is 0 Å². The molecule has 3 N–H and O–H groups in total. The van der Waals surface area contributed by atoms with Gasteiger partial charge in [-0.3, -0.25) is 4.79 Å². The van der Waals surface area contributed by atoms with Crippen LogP contribution in [0.2, 0.25) is 0 Å². The van der Waals surface area contributed by atoms with Crippen molar-refractivity contribution in [2.45, 2.75) is 45.1 Å². The first-order valence-corrected chi connectivity index (χ1v) is 6.21. The first-order valence-electron chi connectivity index (χ1n) is 6.21. The number of rotatable bonds is 8. The van der Waals surface area contributed by atoms with E-state index in [-0.39, 0.29) is 30.5 Å². The quantitative estimate of drug-likeness (QED) is 0.653. The van der Waals surface area contributed by atoms with E-state index in [9.17, 15) is 4.79 Å². The molecule has 1 amide bonds. The summed E-state index contributed by atoms with van der Waals surface area (Å²) in [6, 6.07) is 0. The molecule has 1 fully saturated rings. The summed E-state index contributed by atoms with van der Waals surface area (Å²) >= 11 is 0. The molecule has 0 aromatic heterocycles. The van der Waals surface area contributed by atoms with Crippen LogP contribution in [0.3, 0.4) is 0 Å². The summed E-state index contributed by atoms with van der Waals surface area (Å²) in [5.74, 6) is 0.507. The van der Waals surface area contributed by atoms with Crippen molar-refractivity contribution in [1.29, 1.82) is 0 Å². The van der Waals surface area contributed by atoms with E-state index < -0.39 is 0 Å². The topological polar surface area (TPSA) is 64.3 Å². The second-order valence-electron chi connectivity index (χ2n) is 4.85. The molecule has 1 rings (SSSR count). The highest BCUT2D eigenvalue weighted by molar-refractivity contribution is 5.85. The SMILES string of the molecule is CCCCOCC(=O)NC(C)(CN)C1CC1.Cl. The number of halogens is 1. The summed E-state index contributed by atoms with van der Waals surface area (Å²) in [6.45, 7) is 5.43. The number of hydrogen-bond acceptors (Lipinski definition) is 3. The highest BCUT2D eigenvalue weighted by Gasteiger charge is 2.41. The van der Waals surface area contributed by atoms with Crippen LogP contribution in [-0.2, 0) is 9.53 Å². The van der Waals surface area contributed by atoms with Crippen molar-refractivity contribution >= 4 is 18.3 Å². The summed E-state index contributed by atoms with van der Waals surface area (Å²) < 4.78 is 5.27. The Bertz CT molecular complexity index is 235. The molecule has 0 spiro atoms. The van der Waals surface area contributed by atoms with Crippen LogP contribution in [0.15, 0.2) is 0 Å². The number of carbonyl (C=O) groups excluding carboxylic acids is 1. The molecule has 102 valence electrons. The molecule has 0 aliphatic heterocycles. The van der Waals surface area contributed by atoms with E-state index in [1.54, 1.807) is 0 Å². The minimum atomic E-state index is -0.231. The fourth-order valence-corrected chi connectivity index (χ4v) is 1.81. The average molecular weight is 265 g/mol. The van der Waals surface area contributed by atoms with Gasteiger partial charge < -0.3 is 15.8 Å². The molecule has 1 unspecified atom stereocenters. The molecule has 0 aromatic rings. The molecule has 17 heavy (non-hydrogen) atoms. The van der Waals surface area contributed by atoms with E-state index in [0.717, 1.165) is 12.8 Å². The first kappa shape index (κ1) is 16.7. The smallest absolute Gasteiger partial charge is 0.246 e. The van der Waals surface area contributed by atoms with Crippen molar-refractivity contribution in [2.24, 2.45) is 11.7 Å². The molecule has 1 saturated carbocycles. The van der Waals surface area contributed by atoms with Crippen molar-refractivity contribution in [2.75, 3.05) is 19.8 Å². The standard InChI is InChI=1S/C12H24N2O2.ClH/c1-3-4-7-16-8-11(15)14-12(2,9-13)10-5-6-10;/h10H,3-9,13H2,1-2H3,(H,14,15);1H. The van der Waals surface area contributed by atoms with Gasteiger partial charge in [-0.1, -0.05) is 13.3 Å². The lowest BCUT2D eigenvalue weighted by molar-refractivity contribution is -0.127. The summed E-state index contributed by atoms with van der Waals surface area (Å²) in [4.78, 5) is 11.6. The number of nitrogens with two attached hydrogens (primary N) is 1. The highest BCUT2D eigenvalue weighted by Crippen LogP contribution is 2.38. The zero-order valence-electron chi connectivity index (χ0n) is 10.8. The van der Waals surface area contributed by atoms with Gasteiger partial charge in [-0.15, -0.1) is 12.4 Å². The average Bonchev–Trinajstić information content (AvgIpc) is 3.08. The van der Waals surface area contributed by atoms with Crippen LogP contribution in [-0.4, -0.2) is 31.2 Å². The Labute approximate surface area is 110 Å². The predicted octanol–water partition coefficient (Wildman–Crippen LogP) is 1.47. The molecule has 0 aromatic carbocycles. The normalized spacial score (nSPS) is 18.1. The lowest BCUT2D eigenvalue weighted by atomic mass is 9.96. The minimum Gasteiger partial charge on any atom is -0.372 e. The molecular weight excluding hydrogens is 240 g/mol. The third kappa shape index (κ3) is 5.70. The molecule has 0 radical (unpaired) electrons. The van der Waals surface area contributed by atoms with Gasteiger partial charge in [-0.2, -0.15) is 0 Å². The van der Waals surface area contributed by atoms with E-state index >= 15 is 0 Å². The van der Waals surface area contributed by atoms with E-state index in [0.29, 0.717) is 19.1 Å². The molecule has 4 nitrogen and oxygen atoms in total. The van der Waals surface area contributed by atoms with Crippen molar-refractivity contribution < 1.29 is 9.53 Å². The van der Waals surface area contributed by atoms with Gasteiger partial charge in [-0.25, -0.2) is 0 Å². The summed E-state index contributed by atoms with van der Waals surface area (Å²) in [5.41, 5.74) is 5.49. The lowest BCUT2D eigenvalue weighted by Gasteiger charge is -2.29. The Kier molecular flexibility index (Phi) is 7.75. The van der Waals surface area contributed by atoms with Crippen LogP contribution >= 0.6 is 12.4 Å². The van der Waals surface area contributed by atoms with Crippen molar-refractivity contribution in [3.05, 3.63) is 0 Å². The third-order valence-corrected chi connectivity index (χ3v) is 3.20. The van der Waals surface area contributed by atoms with Crippen molar-refractivity contribution in [3.8, 4) is 0 Å². The largest absolute Gasteiger partial charge is 0.372 e. The van der Waals surface area contributed by atoms with E-state index in [1.807, 2.05) is 6.92 Å². The highest BCUT2D eigenvalue weighted by atomic mass is 35.5. The monoisotopic (exact) mass is 264 g/mol. The minimum absolute atomic E-state index is 0. The van der Waals surface area contributed by atoms with Gasteiger partial charge in [0.1, 0.15) is 6.61 Å². The Morgan fingerprint density at radius 3 is 2.65 bits per heavy atom. The fraction of sp³-hybridized carbons (Fsp3) is 0.917. The Morgan fingerprint density at radius 1 is 1.53 bits per heavy atom. The van der Waals surface area contributed by atoms with Gasteiger partial charge in [0, 0.05) is 13.2 Å². The number of unbranched alkanes of at least 4 members (excludes halogenated alkanes) is 1. The van der Waals surface area contributed by atoms with E-state index in [1.165, 1.54) is 12.8 Å². The maximum absolute atomic E-state index is 11.6. The zero-order chi connectivity index (χ0) is 12.0. The molecule has 0 heterocycles. The number of nitrogens with one attached hydrogen (secondary N) is 1. The third-order valence-electron chi connectivity index (χ3n) is 3.20. The first-order chi connectivity index (χ1) is 7.62. The van der Waals surface area contributed by atoms with Crippen LogP contribution < -0.4 is 11.1 Å². The number of ether oxygens (including phenoxy) is 1. The maximum Gasteiger partial charge on any atom is 0.246 e. The van der Waals surface area contributed by atoms with Gasteiger partial charge in [0.15, 0.2) is 0 Å². The molecule has 1 aliphatic carbocycles. The van der Waals surface area contributed by atoms with E-state index in [4.69, 9.17) is 10.5 Å². The second kappa shape index (κ2) is 7.90. The molecule has 1 atom stereocenters.